The molecular weight excluding hydrogens is 286 g/mol. The molecule has 0 aliphatic heterocycles. The third-order valence-corrected chi connectivity index (χ3v) is 3.21. The van der Waals surface area contributed by atoms with E-state index in [-0.39, 0.29) is 0 Å². The molecule has 126 valence electrons. The third-order valence-electron chi connectivity index (χ3n) is 3.21. The zero-order valence-corrected chi connectivity index (χ0v) is 12.0. The van der Waals surface area contributed by atoms with Crippen LogP contribution in [-0.2, 0) is 4.79 Å². The number of nitrogens with one attached hydrogen (secondary N) is 1. The molecule has 0 saturated carbocycles. The summed E-state index contributed by atoms with van der Waals surface area (Å²) in [6.45, 7) is 1.19. The van der Waals surface area contributed by atoms with E-state index in [2.05, 4.69) is 5.32 Å². The Labute approximate surface area is 122 Å². The molecule has 0 fully saturated rings. The third kappa shape index (κ3) is 5.83. The van der Waals surface area contributed by atoms with Gasteiger partial charge in [-0.1, -0.05) is 13.8 Å². The molecule has 1 amide bonds. The Hall–Kier alpha value is -0.810. The van der Waals surface area contributed by atoms with Gasteiger partial charge in [0.05, 0.1) is 19.3 Å². The van der Waals surface area contributed by atoms with Gasteiger partial charge < -0.3 is 41.1 Å². The summed E-state index contributed by atoms with van der Waals surface area (Å²) in [5, 5.41) is 67.1. The van der Waals surface area contributed by atoms with Crippen molar-refractivity contribution in [3.05, 3.63) is 0 Å². The smallest absolute Gasteiger partial charge is 0.249 e. The SMILES string of the molecule is CC(C)(CO)[C@H](O)C(=O)NC[C@H](O)[C@H](O)[C@H](O)[C@@H](O)CO. The van der Waals surface area contributed by atoms with Gasteiger partial charge in [0, 0.05) is 12.0 Å². The highest BCUT2D eigenvalue weighted by molar-refractivity contribution is 5.81. The highest BCUT2D eigenvalue weighted by Crippen LogP contribution is 2.19. The van der Waals surface area contributed by atoms with Crippen LogP contribution in [0.4, 0.5) is 0 Å². The van der Waals surface area contributed by atoms with Gasteiger partial charge in [0.15, 0.2) is 0 Å². The number of carbonyl (C=O) groups is 1. The Morgan fingerprint density at radius 2 is 1.48 bits per heavy atom. The first-order valence-corrected chi connectivity index (χ1v) is 6.48. The molecule has 0 aliphatic carbocycles. The summed E-state index contributed by atoms with van der Waals surface area (Å²) in [6, 6.07) is 0. The van der Waals surface area contributed by atoms with Gasteiger partial charge in [-0.3, -0.25) is 4.79 Å². The molecule has 0 aliphatic rings. The Balaban J connectivity index is 4.42. The summed E-state index contributed by atoms with van der Waals surface area (Å²) in [4.78, 5) is 11.6. The fraction of sp³-hybridized carbons (Fsp3) is 0.917. The lowest BCUT2D eigenvalue weighted by Gasteiger charge is -2.29. The van der Waals surface area contributed by atoms with Crippen LogP contribution in [0.3, 0.4) is 0 Å². The lowest BCUT2D eigenvalue weighted by Crippen LogP contribution is -2.52. The molecule has 0 bridgehead atoms. The van der Waals surface area contributed by atoms with Crippen LogP contribution in [0.5, 0.6) is 0 Å². The fourth-order valence-electron chi connectivity index (χ4n) is 1.43. The van der Waals surface area contributed by atoms with Gasteiger partial charge in [-0.2, -0.15) is 0 Å². The molecule has 9 nitrogen and oxygen atoms in total. The van der Waals surface area contributed by atoms with Gasteiger partial charge in [0.1, 0.15) is 24.4 Å². The summed E-state index contributed by atoms with van der Waals surface area (Å²) < 4.78 is 0. The van der Waals surface area contributed by atoms with Gasteiger partial charge in [0.25, 0.3) is 0 Å². The second-order valence-electron chi connectivity index (χ2n) is 5.59. The molecular formula is C12H25NO8. The Bertz CT molecular complexity index is 324. The number of hydrogen-bond donors (Lipinski definition) is 8. The minimum Gasteiger partial charge on any atom is -0.396 e. The van der Waals surface area contributed by atoms with E-state index >= 15 is 0 Å². The quantitative estimate of drug-likeness (QED) is 0.212. The van der Waals surface area contributed by atoms with Crippen molar-refractivity contribution in [2.75, 3.05) is 19.8 Å². The number of aliphatic hydroxyl groups excluding tert-OH is 7. The number of aliphatic hydroxyl groups is 7. The van der Waals surface area contributed by atoms with Gasteiger partial charge in [0.2, 0.25) is 5.91 Å². The predicted molar refractivity (Wildman–Crippen MR) is 71.0 cm³/mol. The maximum atomic E-state index is 11.6. The van der Waals surface area contributed by atoms with Crippen molar-refractivity contribution in [2.24, 2.45) is 5.41 Å². The first-order valence-electron chi connectivity index (χ1n) is 6.48. The minimum atomic E-state index is -1.80. The molecule has 0 unspecified atom stereocenters. The van der Waals surface area contributed by atoms with E-state index in [0.29, 0.717) is 0 Å². The normalized spacial score (nSPS) is 19.5. The van der Waals surface area contributed by atoms with Crippen LogP contribution >= 0.6 is 0 Å². The fourth-order valence-corrected chi connectivity index (χ4v) is 1.43. The van der Waals surface area contributed by atoms with Gasteiger partial charge >= 0.3 is 0 Å². The summed E-state index contributed by atoms with van der Waals surface area (Å²) in [6.07, 6.45) is -8.37. The Kier molecular flexibility index (Phi) is 8.26. The Morgan fingerprint density at radius 1 is 1.00 bits per heavy atom. The van der Waals surface area contributed by atoms with Crippen LogP contribution in [0.15, 0.2) is 0 Å². The summed E-state index contributed by atoms with van der Waals surface area (Å²) in [7, 11) is 0. The maximum Gasteiger partial charge on any atom is 0.249 e. The summed E-state index contributed by atoms with van der Waals surface area (Å²) in [5.41, 5.74) is -1.08. The van der Waals surface area contributed by atoms with Crippen molar-refractivity contribution in [3.63, 3.8) is 0 Å². The van der Waals surface area contributed by atoms with E-state index in [9.17, 15) is 25.2 Å². The zero-order valence-electron chi connectivity index (χ0n) is 12.0. The monoisotopic (exact) mass is 311 g/mol. The minimum absolute atomic E-state index is 0.436. The van der Waals surface area contributed by atoms with Crippen LogP contribution in [0.25, 0.3) is 0 Å². The van der Waals surface area contributed by atoms with Gasteiger partial charge in [-0.05, 0) is 0 Å². The zero-order chi connectivity index (χ0) is 16.8. The van der Waals surface area contributed by atoms with E-state index in [1.165, 1.54) is 13.8 Å². The number of carbonyl (C=O) groups excluding carboxylic acids is 1. The summed E-state index contributed by atoms with van der Waals surface area (Å²) in [5.74, 6) is -0.863. The average molecular weight is 311 g/mol. The second kappa shape index (κ2) is 8.59. The van der Waals surface area contributed by atoms with Crippen LogP contribution in [-0.4, -0.2) is 91.9 Å². The van der Waals surface area contributed by atoms with E-state index in [1.54, 1.807) is 0 Å². The first-order chi connectivity index (χ1) is 9.58. The molecule has 21 heavy (non-hydrogen) atoms. The standard InChI is InChI=1S/C12H25NO8/c1-12(2,5-15)10(20)11(21)13-3-6(16)8(18)9(19)7(17)4-14/h6-10,14-20H,3-5H2,1-2H3,(H,13,21)/t6-,7-,8-,9+,10+/m0/s1. The lowest BCUT2D eigenvalue weighted by molar-refractivity contribution is -0.139. The first kappa shape index (κ1) is 20.2. The molecule has 0 radical (unpaired) electrons. The van der Waals surface area contributed by atoms with Crippen LogP contribution in [0, 0.1) is 5.41 Å². The largest absolute Gasteiger partial charge is 0.396 e. The van der Waals surface area contributed by atoms with Crippen molar-refractivity contribution in [2.45, 2.75) is 44.4 Å². The molecule has 0 heterocycles. The molecule has 0 aromatic rings. The highest BCUT2D eigenvalue weighted by Gasteiger charge is 2.34. The van der Waals surface area contributed by atoms with E-state index < -0.39 is 61.6 Å². The van der Waals surface area contributed by atoms with Crippen LogP contribution in [0.2, 0.25) is 0 Å². The molecule has 5 atom stereocenters. The van der Waals surface area contributed by atoms with Crippen molar-refractivity contribution in [1.82, 2.24) is 5.32 Å². The van der Waals surface area contributed by atoms with E-state index in [0.717, 1.165) is 0 Å². The van der Waals surface area contributed by atoms with Gasteiger partial charge in [-0.25, -0.2) is 0 Å². The number of rotatable bonds is 9. The van der Waals surface area contributed by atoms with Crippen LogP contribution in [0.1, 0.15) is 13.8 Å². The van der Waals surface area contributed by atoms with Crippen molar-refractivity contribution in [3.8, 4) is 0 Å². The Morgan fingerprint density at radius 3 is 1.90 bits per heavy atom. The molecule has 0 saturated heterocycles. The topological polar surface area (TPSA) is 171 Å². The number of hydrogen-bond acceptors (Lipinski definition) is 8. The van der Waals surface area contributed by atoms with E-state index in [1.807, 2.05) is 0 Å². The molecule has 0 aromatic heterocycles. The second-order valence-corrected chi connectivity index (χ2v) is 5.59. The molecule has 9 heteroatoms. The summed E-state index contributed by atoms with van der Waals surface area (Å²) >= 11 is 0. The lowest BCUT2D eigenvalue weighted by atomic mass is 9.87. The maximum absolute atomic E-state index is 11.6. The van der Waals surface area contributed by atoms with E-state index in [4.69, 9.17) is 15.3 Å². The molecule has 0 aromatic carbocycles. The van der Waals surface area contributed by atoms with Crippen molar-refractivity contribution in [1.29, 1.82) is 0 Å². The van der Waals surface area contributed by atoms with Crippen molar-refractivity contribution < 1.29 is 40.5 Å². The molecule has 0 rings (SSSR count). The van der Waals surface area contributed by atoms with Crippen molar-refractivity contribution >= 4 is 5.91 Å². The van der Waals surface area contributed by atoms with Crippen LogP contribution < -0.4 is 5.32 Å². The predicted octanol–water partition coefficient (Wildman–Crippen LogP) is -4.08. The molecule has 0 spiro atoms. The highest BCUT2D eigenvalue weighted by atomic mass is 16.4. The number of amides is 1. The average Bonchev–Trinajstić information content (AvgIpc) is 2.48. The molecule has 8 N–H and O–H groups in total. The van der Waals surface area contributed by atoms with Gasteiger partial charge in [-0.15, -0.1) is 0 Å².